The first-order valence-corrected chi connectivity index (χ1v) is 5.79. The molecule has 16 heavy (non-hydrogen) atoms. The molecular weight excluding hydrogens is 234 g/mol. The van der Waals surface area contributed by atoms with Gasteiger partial charge in [-0.2, -0.15) is 13.9 Å². The maximum absolute atomic E-state index is 13.8. The van der Waals surface area contributed by atoms with Crippen LogP contribution in [0, 0.1) is 5.92 Å². The molecule has 0 aliphatic heterocycles. The Bertz CT molecular complexity index is 473. The van der Waals surface area contributed by atoms with Crippen LogP contribution >= 0.6 is 11.6 Å². The zero-order chi connectivity index (χ0) is 11.9. The summed E-state index contributed by atoms with van der Waals surface area (Å²) in [7, 11) is 0. The molecule has 3 rings (SSSR count). The van der Waals surface area contributed by atoms with Gasteiger partial charge >= 0.3 is 0 Å². The number of fused-ring (bicyclic) bond motifs is 3. The molecule has 0 spiro atoms. The highest BCUT2D eigenvalue weighted by atomic mass is 35.5. The maximum Gasteiger partial charge on any atom is 0.295 e. The molecule has 2 nitrogen and oxygen atoms in total. The Morgan fingerprint density at radius 3 is 2.56 bits per heavy atom. The van der Waals surface area contributed by atoms with Gasteiger partial charge in [-0.25, -0.2) is 4.68 Å². The first kappa shape index (κ1) is 10.5. The molecule has 0 aromatic carbocycles. The van der Waals surface area contributed by atoms with Gasteiger partial charge in [-0.1, -0.05) is 11.6 Å². The van der Waals surface area contributed by atoms with E-state index in [1.165, 1.54) is 4.68 Å². The third-order valence-corrected chi connectivity index (χ3v) is 3.81. The van der Waals surface area contributed by atoms with Crippen molar-refractivity contribution in [3.05, 3.63) is 16.4 Å². The summed E-state index contributed by atoms with van der Waals surface area (Å²) < 4.78 is 29.2. The monoisotopic (exact) mass is 246 g/mol. The van der Waals surface area contributed by atoms with Crippen molar-refractivity contribution in [1.82, 2.24) is 9.78 Å². The van der Waals surface area contributed by atoms with Crippen LogP contribution in [0.4, 0.5) is 8.78 Å². The average Bonchev–Trinajstić information content (AvgIpc) is 2.77. The van der Waals surface area contributed by atoms with Crippen LogP contribution in [0.2, 0.25) is 5.15 Å². The number of nitrogens with zero attached hydrogens (tertiary/aromatic N) is 2. The summed E-state index contributed by atoms with van der Waals surface area (Å²) in [5, 5.41) is 4.43. The lowest BCUT2D eigenvalue weighted by atomic mass is 10.1. The molecule has 2 aliphatic carbocycles. The van der Waals surface area contributed by atoms with E-state index in [1.807, 2.05) is 20.8 Å². The molecule has 2 unspecified atom stereocenters. The fourth-order valence-corrected chi connectivity index (χ4v) is 3.04. The summed E-state index contributed by atoms with van der Waals surface area (Å²) >= 11 is 6.17. The third kappa shape index (κ3) is 1.09. The lowest BCUT2D eigenvalue weighted by Gasteiger charge is -2.21. The first-order valence-electron chi connectivity index (χ1n) is 5.41. The summed E-state index contributed by atoms with van der Waals surface area (Å²) in [6, 6.07) is 0. The highest BCUT2D eigenvalue weighted by molar-refractivity contribution is 6.30. The van der Waals surface area contributed by atoms with E-state index < -0.39 is 11.8 Å². The Kier molecular flexibility index (Phi) is 1.71. The van der Waals surface area contributed by atoms with Crippen molar-refractivity contribution in [3.63, 3.8) is 0 Å². The number of hydrogen-bond donors (Lipinski definition) is 0. The second-order valence-corrected chi connectivity index (χ2v) is 6.07. The molecule has 1 fully saturated rings. The Labute approximate surface area is 97.6 Å². The minimum absolute atomic E-state index is 0.0615. The number of halogens is 3. The van der Waals surface area contributed by atoms with E-state index in [-0.39, 0.29) is 17.2 Å². The molecule has 2 atom stereocenters. The fourth-order valence-electron chi connectivity index (χ4n) is 2.52. The number of alkyl halides is 2. The lowest BCUT2D eigenvalue weighted by molar-refractivity contribution is -0.0278. The van der Waals surface area contributed by atoms with Crippen LogP contribution in [-0.4, -0.2) is 9.78 Å². The quantitative estimate of drug-likeness (QED) is 0.685. The summed E-state index contributed by atoms with van der Waals surface area (Å²) in [4.78, 5) is 0. The second kappa shape index (κ2) is 2.61. The smallest absolute Gasteiger partial charge is 0.248 e. The molecule has 0 N–H and O–H groups in total. The molecule has 0 amide bonds. The molecule has 88 valence electrons. The predicted octanol–water partition coefficient (Wildman–Crippen LogP) is 3.50. The zero-order valence-electron chi connectivity index (χ0n) is 9.39. The van der Waals surface area contributed by atoms with Crippen molar-refractivity contribution in [2.75, 3.05) is 0 Å². The fraction of sp³-hybridized carbons (Fsp3) is 0.727. The van der Waals surface area contributed by atoms with E-state index in [0.29, 0.717) is 17.1 Å². The van der Waals surface area contributed by atoms with Crippen molar-refractivity contribution in [2.45, 2.75) is 44.6 Å². The Morgan fingerprint density at radius 2 is 2.06 bits per heavy atom. The topological polar surface area (TPSA) is 17.8 Å². The van der Waals surface area contributed by atoms with E-state index in [9.17, 15) is 8.78 Å². The normalized spacial score (nSPS) is 30.1. The molecule has 0 radical (unpaired) electrons. The molecular formula is C11H13ClF2N2. The van der Waals surface area contributed by atoms with Gasteiger partial charge in [-0.15, -0.1) is 0 Å². The molecule has 1 heterocycles. The summed E-state index contributed by atoms with van der Waals surface area (Å²) in [6.45, 7) is 5.72. The minimum Gasteiger partial charge on any atom is -0.248 e. The van der Waals surface area contributed by atoms with Crippen LogP contribution in [0.1, 0.15) is 44.4 Å². The lowest BCUT2D eigenvalue weighted by Crippen LogP contribution is -2.25. The van der Waals surface area contributed by atoms with E-state index in [0.717, 1.165) is 0 Å². The number of hydrogen-bond acceptors (Lipinski definition) is 1. The molecule has 1 aromatic heterocycles. The maximum atomic E-state index is 13.8. The predicted molar refractivity (Wildman–Crippen MR) is 57.0 cm³/mol. The van der Waals surface area contributed by atoms with E-state index in [2.05, 4.69) is 5.10 Å². The minimum atomic E-state index is -2.78. The van der Waals surface area contributed by atoms with Crippen LogP contribution in [0.3, 0.4) is 0 Å². The average molecular weight is 247 g/mol. The highest BCUT2D eigenvalue weighted by Crippen LogP contribution is 2.68. The third-order valence-electron chi connectivity index (χ3n) is 3.44. The Hall–Kier alpha value is -0.640. The second-order valence-electron chi connectivity index (χ2n) is 5.71. The molecule has 2 aliphatic rings. The Morgan fingerprint density at radius 1 is 1.44 bits per heavy atom. The van der Waals surface area contributed by atoms with Crippen molar-refractivity contribution < 1.29 is 8.78 Å². The molecule has 0 bridgehead atoms. The summed E-state index contributed by atoms with van der Waals surface area (Å²) in [6.07, 6.45) is 0.551. The van der Waals surface area contributed by atoms with Gasteiger partial charge in [0, 0.05) is 11.5 Å². The molecule has 1 saturated carbocycles. The van der Waals surface area contributed by atoms with Gasteiger partial charge in [0.25, 0.3) is 5.92 Å². The van der Waals surface area contributed by atoms with Gasteiger partial charge in [-0.05, 0) is 33.1 Å². The van der Waals surface area contributed by atoms with Crippen molar-refractivity contribution in [1.29, 1.82) is 0 Å². The standard InChI is InChI=1S/C11H13ClF2N2/c1-10(2,3)16-9(12)7-5-4-6(5)11(13,14)8(7)15-16/h5-6H,4H2,1-3H3. The van der Waals surface area contributed by atoms with Crippen molar-refractivity contribution >= 4 is 11.6 Å². The van der Waals surface area contributed by atoms with Crippen LogP contribution < -0.4 is 0 Å². The van der Waals surface area contributed by atoms with Gasteiger partial charge in [0.2, 0.25) is 0 Å². The van der Waals surface area contributed by atoms with E-state index >= 15 is 0 Å². The van der Waals surface area contributed by atoms with E-state index in [4.69, 9.17) is 11.6 Å². The van der Waals surface area contributed by atoms with E-state index in [1.54, 1.807) is 0 Å². The van der Waals surface area contributed by atoms with Crippen molar-refractivity contribution in [3.8, 4) is 0 Å². The van der Waals surface area contributed by atoms with Gasteiger partial charge in [0.1, 0.15) is 10.8 Å². The SMILES string of the molecule is CC(C)(C)n1nc2c(c1Cl)C1CC1C2(F)F. The Balaban J connectivity index is 2.20. The molecule has 1 aromatic rings. The first-order chi connectivity index (χ1) is 7.24. The van der Waals surface area contributed by atoms with Crippen LogP contribution in [0.5, 0.6) is 0 Å². The number of aromatic nitrogens is 2. The molecule has 0 saturated heterocycles. The van der Waals surface area contributed by atoms with Gasteiger partial charge < -0.3 is 0 Å². The zero-order valence-corrected chi connectivity index (χ0v) is 10.1. The van der Waals surface area contributed by atoms with Crippen LogP contribution in [0.15, 0.2) is 0 Å². The summed E-state index contributed by atoms with van der Waals surface area (Å²) in [5.41, 5.74) is 0.141. The van der Waals surface area contributed by atoms with Gasteiger partial charge in [0.15, 0.2) is 0 Å². The summed E-state index contributed by atoms with van der Waals surface area (Å²) in [5.74, 6) is -3.38. The number of rotatable bonds is 0. The van der Waals surface area contributed by atoms with Crippen molar-refractivity contribution in [2.24, 2.45) is 5.92 Å². The van der Waals surface area contributed by atoms with Gasteiger partial charge in [-0.3, -0.25) is 0 Å². The van der Waals surface area contributed by atoms with Gasteiger partial charge in [0.05, 0.1) is 5.54 Å². The van der Waals surface area contributed by atoms with Crippen LogP contribution in [0.25, 0.3) is 0 Å². The van der Waals surface area contributed by atoms with Crippen LogP contribution in [-0.2, 0) is 11.5 Å². The molecule has 5 heteroatoms. The largest absolute Gasteiger partial charge is 0.295 e. The highest BCUT2D eigenvalue weighted by Gasteiger charge is 2.66.